The zero-order chi connectivity index (χ0) is 22.6. The molecule has 1 aliphatic rings. The molecule has 31 heavy (non-hydrogen) atoms. The van der Waals surface area contributed by atoms with E-state index in [2.05, 4.69) is 0 Å². The fourth-order valence-corrected chi connectivity index (χ4v) is 4.73. The second-order valence-corrected chi connectivity index (χ2v) is 9.34. The fraction of sp³-hybridized carbons (Fsp3) is 0.348. The van der Waals surface area contributed by atoms with Crippen LogP contribution in [0, 0.1) is 6.92 Å². The Kier molecular flexibility index (Phi) is 7.28. The normalized spacial score (nSPS) is 13.9. The van der Waals surface area contributed by atoms with Gasteiger partial charge in [-0.2, -0.15) is 8.42 Å². The van der Waals surface area contributed by atoms with Crippen LogP contribution in [0.4, 0.5) is 0 Å². The Balaban J connectivity index is 1.87. The van der Waals surface area contributed by atoms with Gasteiger partial charge >= 0.3 is 10.1 Å². The number of carbonyl (C=O) groups excluding carboxylic acids is 1. The van der Waals surface area contributed by atoms with E-state index in [0.29, 0.717) is 34.8 Å². The first-order valence-corrected chi connectivity index (χ1v) is 11.7. The maximum absolute atomic E-state index is 12.8. The van der Waals surface area contributed by atoms with Gasteiger partial charge in [0.2, 0.25) is 5.75 Å². The minimum Gasteiger partial charge on any atom is -0.493 e. The van der Waals surface area contributed by atoms with Gasteiger partial charge in [0.05, 0.1) is 14.2 Å². The van der Waals surface area contributed by atoms with Gasteiger partial charge in [-0.3, -0.25) is 4.79 Å². The molecule has 0 bridgehead atoms. The molecule has 6 nitrogen and oxygen atoms in total. The molecule has 0 atom stereocenters. The van der Waals surface area contributed by atoms with Crippen LogP contribution < -0.4 is 13.7 Å². The predicted octanol–water partition coefficient (Wildman–Crippen LogP) is 4.96. The number of hydrogen-bond acceptors (Lipinski definition) is 6. The first-order chi connectivity index (χ1) is 14.7. The van der Waals surface area contributed by atoms with Crippen LogP contribution in [0.15, 0.2) is 51.9 Å². The van der Waals surface area contributed by atoms with Crippen molar-refractivity contribution in [3.8, 4) is 17.2 Å². The number of carbonyl (C=O) groups is 1. The summed E-state index contributed by atoms with van der Waals surface area (Å²) >= 11 is 6.14. The summed E-state index contributed by atoms with van der Waals surface area (Å²) in [7, 11) is -1.23. The van der Waals surface area contributed by atoms with Crippen molar-refractivity contribution >= 4 is 27.5 Å². The number of halogens is 1. The molecule has 2 aromatic carbocycles. The quantitative estimate of drug-likeness (QED) is 0.488. The lowest BCUT2D eigenvalue weighted by Gasteiger charge is -2.16. The summed E-state index contributed by atoms with van der Waals surface area (Å²) in [6.07, 6.45) is 2.98. The lowest BCUT2D eigenvalue weighted by molar-refractivity contribution is -0.115. The minimum atomic E-state index is -4.08. The molecule has 1 aliphatic carbocycles. The highest BCUT2D eigenvalue weighted by atomic mass is 35.5. The Labute approximate surface area is 187 Å². The molecule has 8 heteroatoms. The zero-order valence-electron chi connectivity index (χ0n) is 17.7. The van der Waals surface area contributed by atoms with Crippen molar-refractivity contribution in [2.75, 3.05) is 14.2 Å². The van der Waals surface area contributed by atoms with E-state index in [-0.39, 0.29) is 28.6 Å². The molecule has 0 aromatic heterocycles. The van der Waals surface area contributed by atoms with Crippen LogP contribution in [0.1, 0.15) is 36.8 Å². The Bertz CT molecular complexity index is 1100. The first-order valence-electron chi connectivity index (χ1n) is 9.92. The molecule has 0 N–H and O–H groups in total. The van der Waals surface area contributed by atoms with Gasteiger partial charge in [-0.1, -0.05) is 29.3 Å². The molecule has 0 aliphatic heterocycles. The predicted molar refractivity (Wildman–Crippen MR) is 119 cm³/mol. The van der Waals surface area contributed by atoms with E-state index in [1.165, 1.54) is 26.4 Å². The van der Waals surface area contributed by atoms with Crippen molar-refractivity contribution in [3.63, 3.8) is 0 Å². The zero-order valence-corrected chi connectivity index (χ0v) is 19.3. The van der Waals surface area contributed by atoms with Crippen LogP contribution in [0.25, 0.3) is 0 Å². The number of Topliss-reactive ketones (excluding diaryl/α,β-unsaturated/α-hetero) is 1. The van der Waals surface area contributed by atoms with Gasteiger partial charge in [0, 0.05) is 17.0 Å². The Morgan fingerprint density at radius 1 is 1.03 bits per heavy atom. The summed E-state index contributed by atoms with van der Waals surface area (Å²) in [4.78, 5) is 12.5. The number of aryl methyl sites for hydroxylation is 2. The number of ether oxygens (including phenoxy) is 2. The Morgan fingerprint density at radius 3 is 2.29 bits per heavy atom. The van der Waals surface area contributed by atoms with Crippen molar-refractivity contribution in [2.45, 2.75) is 43.9 Å². The van der Waals surface area contributed by atoms with Gasteiger partial charge in [0.25, 0.3) is 0 Å². The summed E-state index contributed by atoms with van der Waals surface area (Å²) in [5.41, 5.74) is 2.32. The lowest BCUT2D eigenvalue weighted by Crippen LogP contribution is -2.11. The number of allylic oxidation sites excluding steroid dienone is 2. The Hall–Kier alpha value is -2.51. The van der Waals surface area contributed by atoms with E-state index >= 15 is 0 Å². The van der Waals surface area contributed by atoms with Gasteiger partial charge in [0.1, 0.15) is 4.90 Å². The van der Waals surface area contributed by atoms with Crippen molar-refractivity contribution in [3.05, 3.63) is 58.1 Å². The molecule has 0 amide bonds. The summed E-state index contributed by atoms with van der Waals surface area (Å²) < 4.78 is 41.7. The van der Waals surface area contributed by atoms with E-state index in [1.54, 1.807) is 24.3 Å². The third kappa shape index (κ3) is 5.40. The van der Waals surface area contributed by atoms with Crippen LogP contribution in [-0.4, -0.2) is 28.4 Å². The van der Waals surface area contributed by atoms with E-state index in [9.17, 15) is 13.2 Å². The highest BCUT2D eigenvalue weighted by Crippen LogP contribution is 2.40. The summed E-state index contributed by atoms with van der Waals surface area (Å²) in [5, 5.41) is 0.644. The molecule has 0 saturated heterocycles. The van der Waals surface area contributed by atoms with Crippen LogP contribution in [-0.2, 0) is 21.3 Å². The molecule has 3 rings (SSSR count). The first kappa shape index (κ1) is 23.2. The molecule has 0 spiro atoms. The standard InChI is InChI=1S/C23H25ClO6S/c1-15-7-10-17(11-8-15)31(26,27)30-22-14-16(13-21(28-2)23(22)29-3)9-12-20(25)18-5-4-6-19(18)24/h7-8,10-11,13-14H,4-6,9,12H2,1-3H3. The maximum atomic E-state index is 12.8. The highest BCUT2D eigenvalue weighted by Gasteiger charge is 2.23. The van der Waals surface area contributed by atoms with Crippen LogP contribution in [0.2, 0.25) is 0 Å². The van der Waals surface area contributed by atoms with Crippen LogP contribution in [0.5, 0.6) is 17.2 Å². The maximum Gasteiger partial charge on any atom is 0.339 e. The van der Waals surface area contributed by atoms with Gasteiger partial charge in [-0.05, 0) is 62.4 Å². The molecule has 0 unspecified atom stereocenters. The van der Waals surface area contributed by atoms with Crippen LogP contribution >= 0.6 is 11.6 Å². The summed E-state index contributed by atoms with van der Waals surface area (Å²) in [5.74, 6) is 0.490. The molecule has 2 aromatic rings. The third-order valence-electron chi connectivity index (χ3n) is 5.14. The van der Waals surface area contributed by atoms with E-state index in [1.807, 2.05) is 6.92 Å². The summed E-state index contributed by atoms with van der Waals surface area (Å²) in [6.45, 7) is 1.87. The lowest BCUT2D eigenvalue weighted by atomic mass is 10.0. The van der Waals surface area contributed by atoms with E-state index in [0.717, 1.165) is 18.4 Å². The van der Waals surface area contributed by atoms with Gasteiger partial charge < -0.3 is 13.7 Å². The minimum absolute atomic E-state index is 0.00277. The highest BCUT2D eigenvalue weighted by molar-refractivity contribution is 7.87. The third-order valence-corrected chi connectivity index (χ3v) is 6.81. The number of methoxy groups -OCH3 is 2. The van der Waals surface area contributed by atoms with E-state index in [4.69, 9.17) is 25.3 Å². The van der Waals surface area contributed by atoms with Crippen molar-refractivity contribution < 1.29 is 26.9 Å². The average molecular weight is 465 g/mol. The molecule has 0 saturated carbocycles. The van der Waals surface area contributed by atoms with Crippen molar-refractivity contribution in [1.82, 2.24) is 0 Å². The average Bonchev–Trinajstić information content (AvgIpc) is 3.17. The van der Waals surface area contributed by atoms with Gasteiger partial charge in [-0.25, -0.2) is 0 Å². The number of rotatable bonds is 9. The fourth-order valence-electron chi connectivity index (χ4n) is 3.47. The van der Waals surface area contributed by atoms with Crippen molar-refractivity contribution in [1.29, 1.82) is 0 Å². The smallest absolute Gasteiger partial charge is 0.339 e. The number of hydrogen-bond donors (Lipinski definition) is 0. The molecule has 0 fully saturated rings. The topological polar surface area (TPSA) is 78.9 Å². The second kappa shape index (κ2) is 9.75. The van der Waals surface area contributed by atoms with Crippen molar-refractivity contribution in [2.24, 2.45) is 0 Å². The molecular weight excluding hydrogens is 440 g/mol. The molecule has 0 radical (unpaired) electrons. The number of benzene rings is 2. The van der Waals surface area contributed by atoms with Gasteiger partial charge in [0.15, 0.2) is 17.3 Å². The molecule has 166 valence electrons. The van der Waals surface area contributed by atoms with Crippen LogP contribution in [0.3, 0.4) is 0 Å². The second-order valence-electron chi connectivity index (χ2n) is 7.34. The van der Waals surface area contributed by atoms with E-state index < -0.39 is 10.1 Å². The van der Waals surface area contributed by atoms with Gasteiger partial charge in [-0.15, -0.1) is 0 Å². The SMILES string of the molecule is COc1cc(CCC(=O)C2=C(Cl)CCC2)cc(OS(=O)(=O)c2ccc(C)cc2)c1OC. The monoisotopic (exact) mass is 464 g/mol. The molecule has 0 heterocycles. The summed E-state index contributed by atoms with van der Waals surface area (Å²) in [6, 6.07) is 9.62. The molecular formula is C23H25ClO6S. The largest absolute Gasteiger partial charge is 0.493 e. The Morgan fingerprint density at radius 2 is 1.71 bits per heavy atom. The number of ketones is 1.